The monoisotopic (exact) mass is 400 g/mol. The van der Waals surface area contributed by atoms with Crippen molar-refractivity contribution in [3.63, 3.8) is 0 Å². The summed E-state index contributed by atoms with van der Waals surface area (Å²) in [4.78, 5) is 19.6. The van der Waals surface area contributed by atoms with Crippen LogP contribution < -0.4 is 10.6 Å². The van der Waals surface area contributed by atoms with E-state index in [2.05, 4.69) is 43.7 Å². The Balaban J connectivity index is 1.74. The number of amides is 1. The van der Waals surface area contributed by atoms with E-state index in [1.807, 2.05) is 18.7 Å². The molecular formula is C16H25BrN4OS. The Morgan fingerprint density at radius 2 is 2.30 bits per heavy atom. The molecular weight excluding hydrogens is 376 g/mol. The minimum Gasteiger partial charge on any atom is -0.356 e. The summed E-state index contributed by atoms with van der Waals surface area (Å²) in [5.41, 5.74) is 0. The van der Waals surface area contributed by atoms with Crippen LogP contribution in [-0.2, 0) is 11.2 Å². The fourth-order valence-electron chi connectivity index (χ4n) is 2.62. The number of thiophene rings is 1. The van der Waals surface area contributed by atoms with Gasteiger partial charge in [0, 0.05) is 43.5 Å². The van der Waals surface area contributed by atoms with E-state index in [1.165, 1.54) is 4.88 Å². The number of nitrogens with zero attached hydrogens (tertiary/aromatic N) is 2. The molecule has 2 N–H and O–H groups in total. The van der Waals surface area contributed by atoms with Crippen LogP contribution in [0, 0.1) is 5.92 Å². The second kappa shape index (κ2) is 8.68. The lowest BCUT2D eigenvalue weighted by molar-refractivity contribution is -0.133. The number of rotatable bonds is 5. The highest BCUT2D eigenvalue weighted by Crippen LogP contribution is 2.22. The van der Waals surface area contributed by atoms with E-state index in [-0.39, 0.29) is 17.9 Å². The van der Waals surface area contributed by atoms with Gasteiger partial charge < -0.3 is 15.5 Å². The smallest absolute Gasteiger partial charge is 0.225 e. The van der Waals surface area contributed by atoms with Gasteiger partial charge in [-0.25, -0.2) is 0 Å². The van der Waals surface area contributed by atoms with Crippen molar-refractivity contribution >= 4 is 39.1 Å². The van der Waals surface area contributed by atoms with Crippen LogP contribution in [0.2, 0.25) is 0 Å². The lowest BCUT2D eigenvalue weighted by Gasteiger charge is -2.20. The molecule has 1 aromatic heterocycles. The van der Waals surface area contributed by atoms with Crippen molar-refractivity contribution in [3.05, 3.63) is 20.8 Å². The summed E-state index contributed by atoms with van der Waals surface area (Å²) >= 11 is 5.24. The van der Waals surface area contributed by atoms with Crippen LogP contribution in [-0.4, -0.2) is 49.5 Å². The van der Waals surface area contributed by atoms with Gasteiger partial charge in [0.15, 0.2) is 5.96 Å². The lowest BCUT2D eigenvalue weighted by atomic mass is 10.2. The topological polar surface area (TPSA) is 56.7 Å². The van der Waals surface area contributed by atoms with E-state index >= 15 is 0 Å². The molecule has 0 spiro atoms. The summed E-state index contributed by atoms with van der Waals surface area (Å²) in [5, 5.41) is 6.77. The highest BCUT2D eigenvalue weighted by molar-refractivity contribution is 9.11. The van der Waals surface area contributed by atoms with E-state index < -0.39 is 0 Å². The first kappa shape index (κ1) is 18.3. The van der Waals surface area contributed by atoms with Crippen molar-refractivity contribution < 1.29 is 4.79 Å². The SMILES string of the molecule is CN=C(NCCc1ccc(Br)s1)NC1CCN(C(=O)C(C)C)C1. The number of hydrogen-bond donors (Lipinski definition) is 2. The molecule has 1 aliphatic heterocycles. The maximum Gasteiger partial charge on any atom is 0.225 e. The molecule has 2 rings (SSSR count). The third-order valence-corrected chi connectivity index (χ3v) is 5.53. The van der Waals surface area contributed by atoms with Crippen LogP contribution in [0.5, 0.6) is 0 Å². The normalized spacial score (nSPS) is 18.6. The van der Waals surface area contributed by atoms with Crippen LogP contribution in [0.4, 0.5) is 0 Å². The number of likely N-dealkylation sites (tertiary alicyclic amines) is 1. The summed E-state index contributed by atoms with van der Waals surface area (Å²) in [6.45, 7) is 6.33. The minimum absolute atomic E-state index is 0.0660. The minimum atomic E-state index is 0.0660. The Morgan fingerprint density at radius 1 is 1.52 bits per heavy atom. The maximum atomic E-state index is 12.0. The summed E-state index contributed by atoms with van der Waals surface area (Å²) < 4.78 is 1.16. The van der Waals surface area contributed by atoms with Gasteiger partial charge >= 0.3 is 0 Å². The Labute approximate surface area is 150 Å². The van der Waals surface area contributed by atoms with E-state index in [1.54, 1.807) is 18.4 Å². The first-order valence-corrected chi connectivity index (χ1v) is 9.60. The summed E-state index contributed by atoms with van der Waals surface area (Å²) in [6.07, 6.45) is 1.94. The highest BCUT2D eigenvalue weighted by Gasteiger charge is 2.27. The Kier molecular flexibility index (Phi) is 6.89. The first-order chi connectivity index (χ1) is 11.0. The van der Waals surface area contributed by atoms with Crippen molar-refractivity contribution in [3.8, 4) is 0 Å². The Morgan fingerprint density at radius 3 is 2.91 bits per heavy atom. The summed E-state index contributed by atoms with van der Waals surface area (Å²) in [5.74, 6) is 1.11. The number of hydrogen-bond acceptors (Lipinski definition) is 3. The second-order valence-corrected chi connectivity index (χ2v) is 8.57. The zero-order chi connectivity index (χ0) is 16.8. The van der Waals surface area contributed by atoms with Crippen molar-refractivity contribution in [1.82, 2.24) is 15.5 Å². The molecule has 0 aromatic carbocycles. The Bertz CT molecular complexity index is 558. The van der Waals surface area contributed by atoms with Gasteiger partial charge in [0.05, 0.1) is 3.79 Å². The molecule has 0 radical (unpaired) electrons. The number of carbonyl (C=O) groups excluding carboxylic acids is 1. The molecule has 5 nitrogen and oxygen atoms in total. The van der Waals surface area contributed by atoms with E-state index in [0.717, 1.165) is 42.2 Å². The average Bonchev–Trinajstić information content (AvgIpc) is 3.14. The molecule has 0 bridgehead atoms. The zero-order valence-corrected chi connectivity index (χ0v) is 16.3. The molecule has 1 atom stereocenters. The van der Waals surface area contributed by atoms with Gasteiger partial charge in [0.25, 0.3) is 0 Å². The number of carbonyl (C=O) groups is 1. The zero-order valence-electron chi connectivity index (χ0n) is 13.9. The standard InChI is InChI=1S/C16H25BrN4OS/c1-11(2)15(22)21-9-7-12(10-21)20-16(18-3)19-8-6-13-4-5-14(17)23-13/h4-5,11-12H,6-10H2,1-3H3,(H2,18,19,20). The second-order valence-electron chi connectivity index (χ2n) is 6.02. The van der Waals surface area contributed by atoms with Crippen LogP contribution in [0.3, 0.4) is 0 Å². The lowest BCUT2D eigenvalue weighted by Crippen LogP contribution is -2.45. The molecule has 0 aliphatic carbocycles. The summed E-state index contributed by atoms with van der Waals surface area (Å²) in [7, 11) is 1.78. The molecule has 1 aliphatic rings. The maximum absolute atomic E-state index is 12.0. The molecule has 1 saturated heterocycles. The molecule has 7 heteroatoms. The number of nitrogens with one attached hydrogen (secondary N) is 2. The third kappa shape index (κ3) is 5.49. The average molecular weight is 401 g/mol. The van der Waals surface area contributed by atoms with Gasteiger partial charge in [-0.15, -0.1) is 11.3 Å². The van der Waals surface area contributed by atoms with Gasteiger partial charge in [-0.05, 0) is 40.9 Å². The van der Waals surface area contributed by atoms with Crippen molar-refractivity contribution in [1.29, 1.82) is 0 Å². The molecule has 2 heterocycles. The molecule has 128 valence electrons. The molecule has 1 aromatic rings. The fraction of sp³-hybridized carbons (Fsp3) is 0.625. The van der Waals surface area contributed by atoms with Crippen LogP contribution >= 0.6 is 27.3 Å². The van der Waals surface area contributed by atoms with Gasteiger partial charge in [-0.3, -0.25) is 9.79 Å². The number of halogens is 1. The van der Waals surface area contributed by atoms with Crippen LogP contribution in [0.15, 0.2) is 20.9 Å². The Hall–Kier alpha value is -1.08. The molecule has 1 amide bonds. The molecule has 0 saturated carbocycles. The fourth-order valence-corrected chi connectivity index (χ4v) is 4.10. The molecule has 1 unspecified atom stereocenters. The predicted molar refractivity (Wildman–Crippen MR) is 100 cm³/mol. The van der Waals surface area contributed by atoms with E-state index in [4.69, 9.17) is 0 Å². The first-order valence-electron chi connectivity index (χ1n) is 7.99. The summed E-state index contributed by atoms with van der Waals surface area (Å²) in [6, 6.07) is 4.49. The van der Waals surface area contributed by atoms with Crippen molar-refractivity contribution in [2.24, 2.45) is 10.9 Å². The predicted octanol–water partition coefficient (Wildman–Crippen LogP) is 2.48. The third-order valence-electron chi connectivity index (χ3n) is 3.85. The van der Waals surface area contributed by atoms with Crippen molar-refractivity contribution in [2.45, 2.75) is 32.7 Å². The van der Waals surface area contributed by atoms with E-state index in [0.29, 0.717) is 0 Å². The number of aliphatic imine (C=N–C) groups is 1. The van der Waals surface area contributed by atoms with Crippen molar-refractivity contribution in [2.75, 3.05) is 26.7 Å². The van der Waals surface area contributed by atoms with Gasteiger partial charge in [0.1, 0.15) is 0 Å². The van der Waals surface area contributed by atoms with E-state index in [9.17, 15) is 4.79 Å². The van der Waals surface area contributed by atoms with Crippen LogP contribution in [0.1, 0.15) is 25.1 Å². The largest absolute Gasteiger partial charge is 0.356 e. The number of guanidine groups is 1. The van der Waals surface area contributed by atoms with Gasteiger partial charge in [-0.2, -0.15) is 0 Å². The quantitative estimate of drug-likeness (QED) is 0.589. The molecule has 23 heavy (non-hydrogen) atoms. The molecule has 1 fully saturated rings. The van der Waals surface area contributed by atoms with Gasteiger partial charge in [-0.1, -0.05) is 13.8 Å². The van der Waals surface area contributed by atoms with Gasteiger partial charge in [0.2, 0.25) is 5.91 Å². The van der Waals surface area contributed by atoms with Crippen LogP contribution in [0.25, 0.3) is 0 Å². The highest BCUT2D eigenvalue weighted by atomic mass is 79.9.